The molecule has 1 atom stereocenters. The van der Waals surface area contributed by atoms with Crippen molar-refractivity contribution in [2.75, 3.05) is 31.6 Å². The summed E-state index contributed by atoms with van der Waals surface area (Å²) in [7, 11) is 1.82. The number of aromatic nitrogens is 2. The SMILES string of the molecule is Cc1ccc2ncnc(N3CCCC(CN(C)C(=O)OC(C)(C)C)C3)c2c1. The van der Waals surface area contributed by atoms with Crippen LogP contribution in [0.5, 0.6) is 0 Å². The number of ether oxygens (including phenoxy) is 1. The lowest BCUT2D eigenvalue weighted by Crippen LogP contribution is -2.43. The van der Waals surface area contributed by atoms with Crippen molar-refractivity contribution in [3.8, 4) is 0 Å². The second-order valence-electron chi connectivity index (χ2n) is 8.53. The van der Waals surface area contributed by atoms with E-state index in [9.17, 15) is 4.79 Å². The molecule has 0 saturated carbocycles. The Labute approximate surface area is 161 Å². The molecule has 0 N–H and O–H groups in total. The predicted octanol–water partition coefficient (Wildman–Crippen LogP) is 4.02. The lowest BCUT2D eigenvalue weighted by molar-refractivity contribution is 0.0269. The van der Waals surface area contributed by atoms with Crippen molar-refractivity contribution >= 4 is 22.8 Å². The van der Waals surface area contributed by atoms with Crippen LogP contribution in [0.15, 0.2) is 24.5 Å². The number of aryl methyl sites for hydroxylation is 1. The van der Waals surface area contributed by atoms with E-state index < -0.39 is 5.60 Å². The number of carbonyl (C=O) groups excluding carboxylic acids is 1. The van der Waals surface area contributed by atoms with Gasteiger partial charge >= 0.3 is 6.09 Å². The van der Waals surface area contributed by atoms with Crippen LogP contribution in [0.2, 0.25) is 0 Å². The number of rotatable bonds is 3. The van der Waals surface area contributed by atoms with Crippen LogP contribution in [-0.2, 0) is 4.74 Å². The first-order valence-electron chi connectivity index (χ1n) is 9.63. The lowest BCUT2D eigenvalue weighted by atomic mass is 9.97. The van der Waals surface area contributed by atoms with Gasteiger partial charge in [-0.05, 0) is 58.6 Å². The Morgan fingerprint density at radius 2 is 2.11 bits per heavy atom. The summed E-state index contributed by atoms with van der Waals surface area (Å²) in [4.78, 5) is 25.3. The molecule has 27 heavy (non-hydrogen) atoms. The Hall–Kier alpha value is -2.37. The molecule has 1 aliphatic heterocycles. The van der Waals surface area contributed by atoms with E-state index in [2.05, 4.69) is 33.9 Å². The number of amides is 1. The van der Waals surface area contributed by atoms with Crippen molar-refractivity contribution in [3.05, 3.63) is 30.1 Å². The summed E-state index contributed by atoms with van der Waals surface area (Å²) >= 11 is 0. The summed E-state index contributed by atoms with van der Waals surface area (Å²) in [6.45, 7) is 10.3. The van der Waals surface area contributed by atoms with Crippen molar-refractivity contribution in [1.82, 2.24) is 14.9 Å². The van der Waals surface area contributed by atoms with E-state index in [0.29, 0.717) is 12.5 Å². The molecule has 6 nitrogen and oxygen atoms in total. The number of hydrogen-bond donors (Lipinski definition) is 0. The maximum atomic E-state index is 12.3. The van der Waals surface area contributed by atoms with Gasteiger partial charge in [-0.3, -0.25) is 0 Å². The van der Waals surface area contributed by atoms with Crippen molar-refractivity contribution in [2.24, 2.45) is 5.92 Å². The second kappa shape index (κ2) is 7.71. The first kappa shape index (κ1) is 19.4. The van der Waals surface area contributed by atoms with Crippen molar-refractivity contribution in [2.45, 2.75) is 46.1 Å². The number of hydrogen-bond acceptors (Lipinski definition) is 5. The molecular formula is C21H30N4O2. The quantitative estimate of drug-likeness (QED) is 0.817. The molecule has 1 aromatic heterocycles. The fraction of sp³-hybridized carbons (Fsp3) is 0.571. The van der Waals surface area contributed by atoms with Crippen LogP contribution in [0.25, 0.3) is 10.9 Å². The first-order valence-corrected chi connectivity index (χ1v) is 9.63. The van der Waals surface area contributed by atoms with Gasteiger partial charge in [-0.2, -0.15) is 0 Å². The van der Waals surface area contributed by atoms with E-state index in [1.165, 1.54) is 5.56 Å². The Kier molecular flexibility index (Phi) is 5.53. The number of anilines is 1. The maximum absolute atomic E-state index is 12.3. The molecule has 1 unspecified atom stereocenters. The topological polar surface area (TPSA) is 58.6 Å². The smallest absolute Gasteiger partial charge is 0.410 e. The summed E-state index contributed by atoms with van der Waals surface area (Å²) in [6.07, 6.45) is 3.57. The van der Waals surface area contributed by atoms with Gasteiger partial charge in [-0.1, -0.05) is 11.6 Å². The zero-order chi connectivity index (χ0) is 19.6. The molecule has 3 rings (SSSR count). The molecule has 1 aliphatic rings. The number of fused-ring (bicyclic) bond motifs is 1. The number of carbonyl (C=O) groups is 1. The standard InChI is InChI=1S/C21H30N4O2/c1-15-8-9-18-17(11-15)19(23-14-22-18)25-10-6-7-16(13-25)12-24(5)20(26)27-21(2,3)4/h8-9,11,14,16H,6-7,10,12-13H2,1-5H3. The molecule has 1 aromatic carbocycles. The Morgan fingerprint density at radius 3 is 2.85 bits per heavy atom. The van der Waals surface area contributed by atoms with E-state index in [1.54, 1.807) is 11.2 Å². The Balaban J connectivity index is 1.72. The highest BCUT2D eigenvalue weighted by molar-refractivity contribution is 5.89. The summed E-state index contributed by atoms with van der Waals surface area (Å²) in [5.41, 5.74) is 1.71. The van der Waals surface area contributed by atoms with Crippen LogP contribution in [0.3, 0.4) is 0 Å². The molecular weight excluding hydrogens is 340 g/mol. The van der Waals surface area contributed by atoms with Gasteiger partial charge in [-0.15, -0.1) is 0 Å². The van der Waals surface area contributed by atoms with Gasteiger partial charge < -0.3 is 14.5 Å². The molecule has 1 fully saturated rings. The van der Waals surface area contributed by atoms with Crippen LogP contribution >= 0.6 is 0 Å². The van der Waals surface area contributed by atoms with E-state index in [0.717, 1.165) is 42.7 Å². The average molecular weight is 370 g/mol. The molecule has 2 heterocycles. The summed E-state index contributed by atoms with van der Waals surface area (Å²) in [5.74, 6) is 1.39. The Morgan fingerprint density at radius 1 is 1.33 bits per heavy atom. The highest BCUT2D eigenvalue weighted by atomic mass is 16.6. The van der Waals surface area contributed by atoms with E-state index in [4.69, 9.17) is 4.74 Å². The first-order chi connectivity index (χ1) is 12.7. The summed E-state index contributed by atoms with van der Waals surface area (Å²) < 4.78 is 5.48. The van der Waals surface area contributed by atoms with Crippen LogP contribution in [-0.4, -0.2) is 53.2 Å². The molecule has 0 spiro atoms. The predicted molar refractivity (Wildman–Crippen MR) is 108 cm³/mol. The minimum atomic E-state index is -0.471. The lowest BCUT2D eigenvalue weighted by Gasteiger charge is -2.36. The number of benzene rings is 1. The van der Waals surface area contributed by atoms with E-state index in [-0.39, 0.29) is 6.09 Å². The van der Waals surface area contributed by atoms with E-state index in [1.807, 2.05) is 33.9 Å². The minimum absolute atomic E-state index is 0.261. The molecule has 146 valence electrons. The van der Waals surface area contributed by atoms with Gasteiger partial charge in [-0.25, -0.2) is 14.8 Å². The monoisotopic (exact) mass is 370 g/mol. The molecule has 6 heteroatoms. The van der Waals surface area contributed by atoms with Gasteiger partial charge in [0, 0.05) is 32.1 Å². The molecule has 0 aliphatic carbocycles. The summed E-state index contributed by atoms with van der Waals surface area (Å²) in [6, 6.07) is 6.28. The zero-order valence-electron chi connectivity index (χ0n) is 17.0. The molecule has 0 radical (unpaired) electrons. The van der Waals surface area contributed by atoms with Gasteiger partial charge in [0.25, 0.3) is 0 Å². The van der Waals surface area contributed by atoms with E-state index >= 15 is 0 Å². The molecule has 0 bridgehead atoms. The third-order valence-corrected chi connectivity index (χ3v) is 4.83. The zero-order valence-corrected chi connectivity index (χ0v) is 17.0. The van der Waals surface area contributed by atoms with Crippen molar-refractivity contribution < 1.29 is 9.53 Å². The highest BCUT2D eigenvalue weighted by Crippen LogP contribution is 2.28. The third kappa shape index (κ3) is 4.87. The minimum Gasteiger partial charge on any atom is -0.444 e. The second-order valence-corrected chi connectivity index (χ2v) is 8.53. The van der Waals surface area contributed by atoms with Crippen molar-refractivity contribution in [1.29, 1.82) is 0 Å². The third-order valence-electron chi connectivity index (χ3n) is 4.83. The largest absolute Gasteiger partial charge is 0.444 e. The van der Waals surface area contributed by atoms with Crippen LogP contribution < -0.4 is 4.90 Å². The van der Waals surface area contributed by atoms with Gasteiger partial charge in [0.15, 0.2) is 0 Å². The number of nitrogens with zero attached hydrogens (tertiary/aromatic N) is 4. The molecule has 2 aromatic rings. The van der Waals surface area contributed by atoms with Crippen LogP contribution in [0.1, 0.15) is 39.2 Å². The molecule has 1 amide bonds. The van der Waals surface area contributed by atoms with Gasteiger partial charge in [0.2, 0.25) is 0 Å². The average Bonchev–Trinajstić information content (AvgIpc) is 2.60. The summed E-state index contributed by atoms with van der Waals surface area (Å²) in [5, 5.41) is 1.10. The Bertz CT molecular complexity index is 815. The van der Waals surface area contributed by atoms with Crippen molar-refractivity contribution in [3.63, 3.8) is 0 Å². The molecule has 1 saturated heterocycles. The van der Waals surface area contributed by atoms with Crippen LogP contribution in [0.4, 0.5) is 10.6 Å². The normalized spacial score (nSPS) is 17.8. The van der Waals surface area contributed by atoms with Crippen LogP contribution in [0, 0.1) is 12.8 Å². The maximum Gasteiger partial charge on any atom is 0.410 e. The fourth-order valence-corrected chi connectivity index (χ4v) is 3.62. The van der Waals surface area contributed by atoms with Gasteiger partial charge in [0.05, 0.1) is 5.52 Å². The fourth-order valence-electron chi connectivity index (χ4n) is 3.62. The number of piperidine rings is 1. The highest BCUT2D eigenvalue weighted by Gasteiger charge is 2.26. The van der Waals surface area contributed by atoms with Gasteiger partial charge in [0.1, 0.15) is 17.7 Å².